The number of piperidine rings is 1. The first-order valence-electron chi connectivity index (χ1n) is 4.96. The highest BCUT2D eigenvalue weighted by Gasteiger charge is 2.39. The molecule has 0 aromatic carbocycles. The van der Waals surface area contributed by atoms with Gasteiger partial charge in [-0.3, -0.25) is 4.90 Å². The summed E-state index contributed by atoms with van der Waals surface area (Å²) < 4.78 is 11.3. The summed E-state index contributed by atoms with van der Waals surface area (Å²) in [5.74, 6) is -0.225. The molecule has 0 amide bonds. The molecule has 2 heterocycles. The number of hydrogen-bond donors (Lipinski definition) is 0. The Morgan fingerprint density at radius 3 is 2.38 bits per heavy atom. The molecule has 2 aliphatic heterocycles. The van der Waals surface area contributed by atoms with E-state index in [1.807, 2.05) is 6.08 Å². The zero-order chi connectivity index (χ0) is 9.15. The van der Waals surface area contributed by atoms with Crippen molar-refractivity contribution in [1.29, 1.82) is 0 Å². The van der Waals surface area contributed by atoms with Crippen LogP contribution in [0, 0.1) is 0 Å². The van der Waals surface area contributed by atoms with E-state index in [1.54, 1.807) is 0 Å². The van der Waals surface area contributed by atoms with Crippen molar-refractivity contribution in [2.45, 2.75) is 18.6 Å². The van der Waals surface area contributed by atoms with Gasteiger partial charge in [-0.05, 0) is 0 Å². The van der Waals surface area contributed by atoms with Crippen LogP contribution in [0.15, 0.2) is 12.7 Å². The molecule has 1 spiro atoms. The Morgan fingerprint density at radius 2 is 1.85 bits per heavy atom. The third kappa shape index (κ3) is 1.93. The van der Waals surface area contributed by atoms with Gasteiger partial charge in [0.2, 0.25) is 0 Å². The minimum Gasteiger partial charge on any atom is -0.347 e. The van der Waals surface area contributed by atoms with Gasteiger partial charge in [0.05, 0.1) is 13.2 Å². The highest BCUT2D eigenvalue weighted by molar-refractivity contribution is 4.85. The van der Waals surface area contributed by atoms with Crippen LogP contribution >= 0.6 is 0 Å². The van der Waals surface area contributed by atoms with Gasteiger partial charge < -0.3 is 9.47 Å². The molecule has 0 saturated carbocycles. The Labute approximate surface area is 79.3 Å². The standard InChI is InChI=1S/C10H17NO2/c1-2-5-11-6-3-10(4-7-11)12-8-9-13-10/h2H,1,3-9H2. The molecule has 0 aliphatic carbocycles. The lowest BCUT2D eigenvalue weighted by molar-refractivity contribution is -0.184. The third-order valence-electron chi connectivity index (χ3n) is 2.82. The summed E-state index contributed by atoms with van der Waals surface area (Å²) in [5.41, 5.74) is 0. The molecule has 2 aliphatic rings. The quantitative estimate of drug-likeness (QED) is 0.596. The minimum atomic E-state index is -0.225. The summed E-state index contributed by atoms with van der Waals surface area (Å²) in [6, 6.07) is 0. The largest absolute Gasteiger partial charge is 0.347 e. The molecule has 74 valence electrons. The van der Waals surface area contributed by atoms with Crippen LogP contribution in [0.25, 0.3) is 0 Å². The van der Waals surface area contributed by atoms with Gasteiger partial charge in [0.25, 0.3) is 0 Å². The Morgan fingerprint density at radius 1 is 1.23 bits per heavy atom. The molecular formula is C10H17NO2. The van der Waals surface area contributed by atoms with Crippen molar-refractivity contribution in [2.24, 2.45) is 0 Å². The maximum Gasteiger partial charge on any atom is 0.170 e. The van der Waals surface area contributed by atoms with E-state index in [1.165, 1.54) is 0 Å². The summed E-state index contributed by atoms with van der Waals surface area (Å²) in [7, 11) is 0. The van der Waals surface area contributed by atoms with Crippen LogP contribution in [0.1, 0.15) is 12.8 Å². The Balaban J connectivity index is 1.84. The Hall–Kier alpha value is -0.380. The first-order chi connectivity index (χ1) is 6.35. The second-order valence-corrected chi connectivity index (χ2v) is 3.70. The van der Waals surface area contributed by atoms with Gasteiger partial charge >= 0.3 is 0 Å². The van der Waals surface area contributed by atoms with E-state index < -0.39 is 0 Å². The normalized spacial score (nSPS) is 28.0. The van der Waals surface area contributed by atoms with Crippen LogP contribution in [0.5, 0.6) is 0 Å². The number of nitrogens with zero attached hydrogens (tertiary/aromatic N) is 1. The van der Waals surface area contributed by atoms with Gasteiger partial charge in [-0.15, -0.1) is 6.58 Å². The van der Waals surface area contributed by atoms with Gasteiger partial charge in [-0.2, -0.15) is 0 Å². The van der Waals surface area contributed by atoms with Gasteiger partial charge in [0.15, 0.2) is 5.79 Å². The van der Waals surface area contributed by atoms with Crippen LogP contribution < -0.4 is 0 Å². The summed E-state index contributed by atoms with van der Waals surface area (Å²) in [6.45, 7) is 8.38. The fraction of sp³-hybridized carbons (Fsp3) is 0.800. The van der Waals surface area contributed by atoms with E-state index in [9.17, 15) is 0 Å². The fourth-order valence-corrected chi connectivity index (χ4v) is 2.04. The maximum absolute atomic E-state index is 5.63. The summed E-state index contributed by atoms with van der Waals surface area (Å²) >= 11 is 0. The second kappa shape index (κ2) is 3.78. The van der Waals surface area contributed by atoms with E-state index in [0.29, 0.717) is 0 Å². The number of hydrogen-bond acceptors (Lipinski definition) is 3. The Bertz CT molecular complexity index is 177. The molecule has 0 unspecified atom stereocenters. The highest BCUT2D eigenvalue weighted by Crippen LogP contribution is 2.30. The molecule has 0 aromatic heterocycles. The molecular weight excluding hydrogens is 166 g/mol. The first-order valence-corrected chi connectivity index (χ1v) is 4.96. The summed E-state index contributed by atoms with van der Waals surface area (Å²) in [6.07, 6.45) is 3.95. The molecule has 3 nitrogen and oxygen atoms in total. The molecule has 0 atom stereocenters. The van der Waals surface area contributed by atoms with Crippen molar-refractivity contribution in [1.82, 2.24) is 4.90 Å². The van der Waals surface area contributed by atoms with Crippen molar-refractivity contribution >= 4 is 0 Å². The monoisotopic (exact) mass is 183 g/mol. The van der Waals surface area contributed by atoms with Crippen molar-refractivity contribution < 1.29 is 9.47 Å². The van der Waals surface area contributed by atoms with E-state index in [4.69, 9.17) is 9.47 Å². The number of rotatable bonds is 2. The molecule has 0 N–H and O–H groups in total. The summed E-state index contributed by atoms with van der Waals surface area (Å²) in [5, 5.41) is 0. The lowest BCUT2D eigenvalue weighted by Gasteiger charge is -2.37. The predicted octanol–water partition coefficient (Wildman–Crippen LogP) is 1.01. The van der Waals surface area contributed by atoms with Crippen LogP contribution in [-0.4, -0.2) is 43.5 Å². The molecule has 3 heteroatoms. The van der Waals surface area contributed by atoms with Crippen LogP contribution in [0.4, 0.5) is 0 Å². The third-order valence-corrected chi connectivity index (χ3v) is 2.82. The van der Waals surface area contributed by atoms with Crippen molar-refractivity contribution in [2.75, 3.05) is 32.8 Å². The average molecular weight is 183 g/mol. The highest BCUT2D eigenvalue weighted by atomic mass is 16.7. The van der Waals surface area contributed by atoms with Crippen molar-refractivity contribution in [3.63, 3.8) is 0 Å². The lowest BCUT2D eigenvalue weighted by atomic mass is 10.0. The Kier molecular flexibility index (Phi) is 2.67. The second-order valence-electron chi connectivity index (χ2n) is 3.70. The molecule has 2 saturated heterocycles. The van der Waals surface area contributed by atoms with Gasteiger partial charge in [0.1, 0.15) is 0 Å². The van der Waals surface area contributed by atoms with Crippen LogP contribution in [0.2, 0.25) is 0 Å². The van der Waals surface area contributed by atoms with Gasteiger partial charge in [-0.25, -0.2) is 0 Å². The zero-order valence-electron chi connectivity index (χ0n) is 8.00. The molecule has 2 rings (SSSR count). The zero-order valence-corrected chi connectivity index (χ0v) is 8.00. The minimum absolute atomic E-state index is 0.225. The molecule has 0 radical (unpaired) electrons. The molecule has 0 bridgehead atoms. The number of likely N-dealkylation sites (tertiary alicyclic amines) is 1. The van der Waals surface area contributed by atoms with E-state index in [-0.39, 0.29) is 5.79 Å². The van der Waals surface area contributed by atoms with Crippen LogP contribution in [-0.2, 0) is 9.47 Å². The van der Waals surface area contributed by atoms with E-state index in [2.05, 4.69) is 11.5 Å². The van der Waals surface area contributed by atoms with Gasteiger partial charge in [-0.1, -0.05) is 6.08 Å². The maximum atomic E-state index is 5.63. The fourth-order valence-electron chi connectivity index (χ4n) is 2.04. The van der Waals surface area contributed by atoms with E-state index in [0.717, 1.165) is 45.7 Å². The first kappa shape index (κ1) is 9.19. The smallest absolute Gasteiger partial charge is 0.170 e. The van der Waals surface area contributed by atoms with Crippen LogP contribution in [0.3, 0.4) is 0 Å². The van der Waals surface area contributed by atoms with Gasteiger partial charge in [0, 0.05) is 32.5 Å². The van der Waals surface area contributed by atoms with E-state index >= 15 is 0 Å². The molecule has 13 heavy (non-hydrogen) atoms. The molecule has 2 fully saturated rings. The topological polar surface area (TPSA) is 21.7 Å². The van der Waals surface area contributed by atoms with Crippen molar-refractivity contribution in [3.8, 4) is 0 Å². The average Bonchev–Trinajstić information content (AvgIpc) is 2.59. The predicted molar refractivity (Wildman–Crippen MR) is 50.5 cm³/mol. The summed E-state index contributed by atoms with van der Waals surface area (Å²) in [4.78, 5) is 2.38. The number of ether oxygens (including phenoxy) is 2. The molecule has 0 aromatic rings. The SMILES string of the molecule is C=CCN1CCC2(CC1)OCCO2. The lowest BCUT2D eigenvalue weighted by Crippen LogP contribution is -2.45. The van der Waals surface area contributed by atoms with Crippen molar-refractivity contribution in [3.05, 3.63) is 12.7 Å².